The van der Waals surface area contributed by atoms with Gasteiger partial charge >= 0.3 is 0 Å². The van der Waals surface area contributed by atoms with Crippen molar-refractivity contribution in [3.05, 3.63) is 34.9 Å². The van der Waals surface area contributed by atoms with E-state index in [2.05, 4.69) is 11.0 Å². The van der Waals surface area contributed by atoms with Crippen molar-refractivity contribution in [2.75, 3.05) is 26.7 Å². The van der Waals surface area contributed by atoms with Crippen molar-refractivity contribution in [2.45, 2.75) is 25.6 Å². The number of likely N-dealkylation sites (N-methyl/N-ethyl adjacent to an activating group) is 1. The summed E-state index contributed by atoms with van der Waals surface area (Å²) in [5.74, 6) is -0.109. The Morgan fingerprint density at radius 1 is 1.25 bits per heavy atom. The Balaban J connectivity index is 1.44. The standard InChI is InChI=1S/C18H20N4O2/c1-20-9-15(10-20)22-8-14(5-17(22)23)18(24)21-7-13-4-2-3-12(6-19)16(13)11-21/h2-4,14-15H,5,7-11H2,1H3. The molecule has 1 atom stereocenters. The van der Waals surface area contributed by atoms with Gasteiger partial charge in [0.1, 0.15) is 0 Å². The Hall–Kier alpha value is -2.39. The van der Waals surface area contributed by atoms with Gasteiger partial charge in [0.15, 0.2) is 0 Å². The van der Waals surface area contributed by atoms with Gasteiger partial charge in [-0.3, -0.25) is 9.59 Å². The molecule has 0 saturated carbocycles. The number of amides is 2. The van der Waals surface area contributed by atoms with Crippen molar-refractivity contribution < 1.29 is 9.59 Å². The van der Waals surface area contributed by atoms with Crippen LogP contribution in [0, 0.1) is 17.2 Å². The van der Waals surface area contributed by atoms with E-state index in [1.807, 2.05) is 24.1 Å². The SMILES string of the molecule is CN1CC(N2CC(C(=O)N3Cc4cccc(C#N)c4C3)CC2=O)C1. The summed E-state index contributed by atoms with van der Waals surface area (Å²) in [6.45, 7) is 3.35. The van der Waals surface area contributed by atoms with E-state index in [9.17, 15) is 14.9 Å². The molecule has 4 rings (SSSR count). The van der Waals surface area contributed by atoms with Crippen LogP contribution in [0.4, 0.5) is 0 Å². The lowest BCUT2D eigenvalue weighted by Gasteiger charge is -2.42. The normalized spacial score (nSPS) is 24.0. The van der Waals surface area contributed by atoms with Crippen molar-refractivity contribution in [1.82, 2.24) is 14.7 Å². The van der Waals surface area contributed by atoms with E-state index in [-0.39, 0.29) is 23.8 Å². The van der Waals surface area contributed by atoms with E-state index in [1.54, 1.807) is 11.0 Å². The van der Waals surface area contributed by atoms with E-state index in [0.29, 0.717) is 31.6 Å². The van der Waals surface area contributed by atoms with Crippen LogP contribution in [0.25, 0.3) is 0 Å². The minimum Gasteiger partial charge on any atom is -0.336 e. The van der Waals surface area contributed by atoms with E-state index >= 15 is 0 Å². The van der Waals surface area contributed by atoms with E-state index in [4.69, 9.17) is 0 Å². The summed E-state index contributed by atoms with van der Waals surface area (Å²) in [7, 11) is 2.04. The molecule has 3 heterocycles. The molecule has 6 nitrogen and oxygen atoms in total. The summed E-state index contributed by atoms with van der Waals surface area (Å²) in [5, 5.41) is 9.21. The molecule has 0 N–H and O–H groups in total. The molecule has 1 aromatic rings. The number of nitriles is 1. The second kappa shape index (κ2) is 5.60. The van der Waals surface area contributed by atoms with Crippen molar-refractivity contribution in [3.8, 4) is 6.07 Å². The molecule has 0 radical (unpaired) electrons. The van der Waals surface area contributed by atoms with Crippen LogP contribution < -0.4 is 0 Å². The minimum atomic E-state index is -0.247. The van der Waals surface area contributed by atoms with Gasteiger partial charge in [-0.2, -0.15) is 5.26 Å². The molecule has 0 aromatic heterocycles. The number of benzene rings is 1. The first-order chi connectivity index (χ1) is 11.6. The largest absolute Gasteiger partial charge is 0.336 e. The molecule has 6 heteroatoms. The third kappa shape index (κ3) is 2.36. The Bertz CT molecular complexity index is 748. The van der Waals surface area contributed by atoms with Gasteiger partial charge in [0.25, 0.3) is 0 Å². The zero-order valence-electron chi connectivity index (χ0n) is 13.7. The van der Waals surface area contributed by atoms with Gasteiger partial charge in [-0.15, -0.1) is 0 Å². The van der Waals surface area contributed by atoms with E-state index in [0.717, 1.165) is 24.2 Å². The van der Waals surface area contributed by atoms with Crippen LogP contribution in [-0.4, -0.2) is 59.2 Å². The maximum absolute atomic E-state index is 12.9. The van der Waals surface area contributed by atoms with Crippen LogP contribution in [0.1, 0.15) is 23.1 Å². The predicted molar refractivity (Wildman–Crippen MR) is 86.5 cm³/mol. The van der Waals surface area contributed by atoms with Crippen molar-refractivity contribution >= 4 is 11.8 Å². The van der Waals surface area contributed by atoms with Gasteiger partial charge < -0.3 is 14.7 Å². The molecular weight excluding hydrogens is 304 g/mol. The molecule has 1 unspecified atom stereocenters. The molecule has 24 heavy (non-hydrogen) atoms. The van der Waals surface area contributed by atoms with Crippen LogP contribution in [0.5, 0.6) is 0 Å². The summed E-state index contributed by atoms with van der Waals surface area (Å²) >= 11 is 0. The monoisotopic (exact) mass is 324 g/mol. The molecule has 2 amide bonds. The molecule has 2 saturated heterocycles. The lowest BCUT2D eigenvalue weighted by Crippen LogP contribution is -2.58. The van der Waals surface area contributed by atoms with Gasteiger partial charge in [-0.05, 0) is 24.2 Å². The molecule has 1 aromatic carbocycles. The number of fused-ring (bicyclic) bond motifs is 1. The molecule has 3 aliphatic rings. The molecular formula is C18H20N4O2. The molecule has 2 fully saturated rings. The first-order valence-corrected chi connectivity index (χ1v) is 8.34. The number of carbonyl (C=O) groups is 2. The highest BCUT2D eigenvalue weighted by molar-refractivity contribution is 5.89. The second-order valence-corrected chi connectivity index (χ2v) is 7.07. The quantitative estimate of drug-likeness (QED) is 0.797. The van der Waals surface area contributed by atoms with Crippen LogP contribution in [-0.2, 0) is 22.7 Å². The molecule has 124 valence electrons. The maximum Gasteiger partial charge on any atom is 0.228 e. The fraction of sp³-hybridized carbons (Fsp3) is 0.500. The maximum atomic E-state index is 12.9. The number of likely N-dealkylation sites (tertiary alicyclic amines) is 2. The van der Waals surface area contributed by atoms with E-state index in [1.165, 1.54) is 0 Å². The summed E-state index contributed by atoms with van der Waals surface area (Å²) in [6, 6.07) is 8.09. The highest BCUT2D eigenvalue weighted by Crippen LogP contribution is 2.30. The number of hydrogen-bond donors (Lipinski definition) is 0. The van der Waals surface area contributed by atoms with Gasteiger partial charge in [0, 0.05) is 39.1 Å². The third-order valence-corrected chi connectivity index (χ3v) is 5.41. The fourth-order valence-corrected chi connectivity index (χ4v) is 4.05. The lowest BCUT2D eigenvalue weighted by atomic mass is 10.1. The molecule has 0 aliphatic carbocycles. The van der Waals surface area contributed by atoms with Crippen LogP contribution in [0.15, 0.2) is 18.2 Å². The van der Waals surface area contributed by atoms with E-state index < -0.39 is 0 Å². The minimum absolute atomic E-state index is 0.0404. The molecule has 3 aliphatic heterocycles. The van der Waals surface area contributed by atoms with Gasteiger partial charge in [0.05, 0.1) is 23.6 Å². The number of hydrogen-bond acceptors (Lipinski definition) is 4. The highest BCUT2D eigenvalue weighted by atomic mass is 16.2. The summed E-state index contributed by atoms with van der Waals surface area (Å²) in [5.41, 5.74) is 2.64. The number of nitrogens with zero attached hydrogens (tertiary/aromatic N) is 4. The molecule has 0 bridgehead atoms. The van der Waals surface area contributed by atoms with Gasteiger partial charge in [-0.25, -0.2) is 0 Å². The van der Waals surface area contributed by atoms with Crippen molar-refractivity contribution in [1.29, 1.82) is 5.26 Å². The van der Waals surface area contributed by atoms with Crippen molar-refractivity contribution in [2.24, 2.45) is 5.92 Å². The molecule has 0 spiro atoms. The topological polar surface area (TPSA) is 67.7 Å². The zero-order chi connectivity index (χ0) is 16.8. The number of carbonyl (C=O) groups excluding carboxylic acids is 2. The van der Waals surface area contributed by atoms with Gasteiger partial charge in [0.2, 0.25) is 11.8 Å². The Labute approximate surface area is 141 Å². The highest BCUT2D eigenvalue weighted by Gasteiger charge is 2.43. The van der Waals surface area contributed by atoms with Crippen LogP contribution in [0.3, 0.4) is 0 Å². The average Bonchev–Trinajstić information content (AvgIpc) is 3.14. The number of rotatable bonds is 2. The first-order valence-electron chi connectivity index (χ1n) is 8.34. The second-order valence-electron chi connectivity index (χ2n) is 7.07. The Morgan fingerprint density at radius 3 is 2.75 bits per heavy atom. The first kappa shape index (κ1) is 15.2. The third-order valence-electron chi connectivity index (χ3n) is 5.41. The zero-order valence-corrected chi connectivity index (χ0v) is 13.7. The summed E-state index contributed by atoms with van der Waals surface area (Å²) in [4.78, 5) is 31.0. The van der Waals surface area contributed by atoms with Crippen LogP contribution >= 0.6 is 0 Å². The Kier molecular flexibility index (Phi) is 3.54. The van der Waals surface area contributed by atoms with Gasteiger partial charge in [-0.1, -0.05) is 12.1 Å². The smallest absolute Gasteiger partial charge is 0.228 e. The van der Waals surface area contributed by atoms with Crippen molar-refractivity contribution in [3.63, 3.8) is 0 Å². The predicted octanol–water partition coefficient (Wildman–Crippen LogP) is 0.563. The average molecular weight is 324 g/mol. The summed E-state index contributed by atoms with van der Waals surface area (Å²) < 4.78 is 0. The van der Waals surface area contributed by atoms with Crippen LogP contribution in [0.2, 0.25) is 0 Å². The fourth-order valence-electron chi connectivity index (χ4n) is 4.05. The lowest BCUT2D eigenvalue weighted by molar-refractivity contribution is -0.136. The Morgan fingerprint density at radius 2 is 2.04 bits per heavy atom. The summed E-state index contributed by atoms with van der Waals surface area (Å²) in [6.07, 6.45) is 0.316.